The van der Waals surface area contributed by atoms with Gasteiger partial charge in [0.15, 0.2) is 5.65 Å². The molecule has 0 saturated carbocycles. The van der Waals surface area contributed by atoms with E-state index in [0.717, 1.165) is 23.5 Å². The first-order valence-electron chi connectivity index (χ1n) is 7.33. The number of fused-ring (bicyclic) bond motifs is 1. The fourth-order valence-electron chi connectivity index (χ4n) is 2.63. The minimum absolute atomic E-state index is 0.0120. The van der Waals surface area contributed by atoms with E-state index in [2.05, 4.69) is 61.5 Å². The van der Waals surface area contributed by atoms with E-state index < -0.39 is 0 Å². The van der Waals surface area contributed by atoms with Gasteiger partial charge in [0.2, 0.25) is 0 Å². The van der Waals surface area contributed by atoms with Crippen LogP contribution in [0.3, 0.4) is 0 Å². The fourth-order valence-corrected chi connectivity index (χ4v) is 2.63. The molecule has 0 spiro atoms. The monoisotopic (exact) mass is 279 g/mol. The van der Waals surface area contributed by atoms with Gasteiger partial charge < -0.3 is 4.57 Å². The average molecular weight is 279 g/mol. The van der Waals surface area contributed by atoms with Gasteiger partial charge in [-0.15, -0.1) is 0 Å². The number of aromatic nitrogens is 3. The van der Waals surface area contributed by atoms with Gasteiger partial charge in [-0.25, -0.2) is 9.97 Å². The van der Waals surface area contributed by atoms with Gasteiger partial charge in [-0.3, -0.25) is 0 Å². The van der Waals surface area contributed by atoms with Gasteiger partial charge in [0.25, 0.3) is 0 Å². The van der Waals surface area contributed by atoms with Crippen molar-refractivity contribution in [3.63, 3.8) is 0 Å². The van der Waals surface area contributed by atoms with Gasteiger partial charge in [0, 0.05) is 11.6 Å². The number of aryl methyl sites for hydroxylation is 1. The molecule has 0 aliphatic rings. The van der Waals surface area contributed by atoms with Crippen LogP contribution in [0, 0.1) is 6.92 Å². The maximum atomic E-state index is 4.88. The first kappa shape index (κ1) is 13.8. The van der Waals surface area contributed by atoms with Crippen molar-refractivity contribution in [3.8, 4) is 0 Å². The molecular weight excluding hydrogens is 258 g/mol. The molecule has 0 unspecified atom stereocenters. The summed E-state index contributed by atoms with van der Waals surface area (Å²) in [5, 5.41) is 0. The number of rotatable bonds is 2. The zero-order chi connectivity index (χ0) is 15.0. The van der Waals surface area contributed by atoms with Crippen molar-refractivity contribution in [1.29, 1.82) is 0 Å². The van der Waals surface area contributed by atoms with Gasteiger partial charge >= 0.3 is 0 Å². The van der Waals surface area contributed by atoms with Crippen LogP contribution >= 0.6 is 0 Å². The fraction of sp³-hybridized carbons (Fsp3) is 0.333. The first-order chi connectivity index (χ1) is 9.97. The molecule has 0 saturated heterocycles. The van der Waals surface area contributed by atoms with E-state index in [9.17, 15) is 0 Å². The second-order valence-corrected chi connectivity index (χ2v) is 6.56. The maximum absolute atomic E-state index is 4.88. The molecule has 3 aromatic rings. The molecule has 2 heterocycles. The molecule has 108 valence electrons. The lowest BCUT2D eigenvalue weighted by Gasteiger charge is -2.20. The minimum atomic E-state index is -0.0120. The molecule has 0 aliphatic heterocycles. The largest absolute Gasteiger partial charge is 0.308 e. The second-order valence-electron chi connectivity index (χ2n) is 6.56. The average Bonchev–Trinajstić information content (AvgIpc) is 2.80. The number of nitrogens with zero attached hydrogens (tertiary/aromatic N) is 3. The van der Waals surface area contributed by atoms with Crippen LogP contribution in [0.2, 0.25) is 0 Å². The number of pyridine rings is 1. The zero-order valence-electron chi connectivity index (χ0n) is 13.1. The van der Waals surface area contributed by atoms with E-state index in [1.165, 1.54) is 11.1 Å². The highest BCUT2D eigenvalue weighted by molar-refractivity contribution is 5.75. The number of benzene rings is 1. The molecule has 21 heavy (non-hydrogen) atoms. The quantitative estimate of drug-likeness (QED) is 0.707. The Balaban J connectivity index is 2.21. The molecule has 3 rings (SSSR count). The van der Waals surface area contributed by atoms with E-state index in [-0.39, 0.29) is 5.41 Å². The van der Waals surface area contributed by atoms with E-state index in [4.69, 9.17) is 4.98 Å². The molecule has 2 aromatic heterocycles. The number of imidazole rings is 1. The van der Waals surface area contributed by atoms with Gasteiger partial charge in [-0.1, -0.05) is 51.1 Å². The highest BCUT2D eigenvalue weighted by atomic mass is 15.1. The molecule has 3 heteroatoms. The van der Waals surface area contributed by atoms with Crippen LogP contribution in [0.25, 0.3) is 11.2 Å². The van der Waals surface area contributed by atoms with Crippen LogP contribution in [0.4, 0.5) is 0 Å². The number of hydrogen-bond donors (Lipinski definition) is 0. The molecule has 0 amide bonds. The Labute approximate surface area is 125 Å². The SMILES string of the molecule is Cc1ccnc2c1nc(C(C)(C)C)n2Cc1ccccc1. The van der Waals surface area contributed by atoms with Crippen LogP contribution in [0.5, 0.6) is 0 Å². The highest BCUT2D eigenvalue weighted by Gasteiger charge is 2.24. The lowest BCUT2D eigenvalue weighted by atomic mass is 9.95. The molecule has 3 nitrogen and oxygen atoms in total. The predicted molar refractivity (Wildman–Crippen MR) is 86.5 cm³/mol. The van der Waals surface area contributed by atoms with E-state index in [1.807, 2.05) is 18.3 Å². The molecule has 1 aromatic carbocycles. The molecule has 0 fully saturated rings. The van der Waals surface area contributed by atoms with Crippen molar-refractivity contribution >= 4 is 11.2 Å². The summed E-state index contributed by atoms with van der Waals surface area (Å²) in [5.74, 6) is 1.09. The van der Waals surface area contributed by atoms with Crippen molar-refractivity contribution in [3.05, 3.63) is 59.5 Å². The van der Waals surface area contributed by atoms with Crippen molar-refractivity contribution in [1.82, 2.24) is 14.5 Å². The van der Waals surface area contributed by atoms with Gasteiger partial charge in [0.1, 0.15) is 11.3 Å². The van der Waals surface area contributed by atoms with Crippen LogP contribution in [-0.4, -0.2) is 14.5 Å². The summed E-state index contributed by atoms with van der Waals surface area (Å²) in [4.78, 5) is 9.45. The third kappa shape index (κ3) is 2.56. The Kier molecular flexibility index (Phi) is 3.28. The van der Waals surface area contributed by atoms with E-state index in [1.54, 1.807) is 0 Å². The smallest absolute Gasteiger partial charge is 0.160 e. The van der Waals surface area contributed by atoms with Crippen molar-refractivity contribution in [2.75, 3.05) is 0 Å². The second kappa shape index (κ2) is 4.99. The Morgan fingerprint density at radius 3 is 2.43 bits per heavy atom. The van der Waals surface area contributed by atoms with Crippen molar-refractivity contribution in [2.45, 2.75) is 39.7 Å². The summed E-state index contributed by atoms with van der Waals surface area (Å²) < 4.78 is 2.25. The van der Waals surface area contributed by atoms with Gasteiger partial charge in [-0.2, -0.15) is 0 Å². The standard InChI is InChI=1S/C18H21N3/c1-13-10-11-19-16-15(13)20-17(18(2,3)4)21(16)12-14-8-6-5-7-9-14/h5-11H,12H2,1-4H3. The summed E-state index contributed by atoms with van der Waals surface area (Å²) in [5.41, 5.74) is 4.42. The Morgan fingerprint density at radius 1 is 1.05 bits per heavy atom. The number of hydrogen-bond acceptors (Lipinski definition) is 2. The lowest BCUT2D eigenvalue weighted by Crippen LogP contribution is -2.19. The first-order valence-corrected chi connectivity index (χ1v) is 7.33. The summed E-state index contributed by atoms with van der Waals surface area (Å²) in [7, 11) is 0. The predicted octanol–water partition coefficient (Wildman–Crippen LogP) is 4.09. The molecule has 0 aliphatic carbocycles. The minimum Gasteiger partial charge on any atom is -0.308 e. The molecule has 0 atom stereocenters. The Morgan fingerprint density at radius 2 is 1.76 bits per heavy atom. The Bertz CT molecular complexity index is 764. The highest BCUT2D eigenvalue weighted by Crippen LogP contribution is 2.27. The van der Waals surface area contributed by atoms with E-state index >= 15 is 0 Å². The van der Waals surface area contributed by atoms with Gasteiger partial charge in [-0.05, 0) is 24.1 Å². The van der Waals surface area contributed by atoms with Crippen molar-refractivity contribution in [2.24, 2.45) is 0 Å². The molecule has 0 bridgehead atoms. The molecule has 0 N–H and O–H groups in total. The van der Waals surface area contributed by atoms with Crippen molar-refractivity contribution < 1.29 is 0 Å². The third-order valence-corrected chi connectivity index (χ3v) is 3.69. The maximum Gasteiger partial charge on any atom is 0.160 e. The lowest BCUT2D eigenvalue weighted by molar-refractivity contribution is 0.515. The summed E-state index contributed by atoms with van der Waals surface area (Å²) >= 11 is 0. The Hall–Kier alpha value is -2.16. The van der Waals surface area contributed by atoms with Crippen LogP contribution in [-0.2, 0) is 12.0 Å². The summed E-state index contributed by atoms with van der Waals surface area (Å²) in [6.07, 6.45) is 1.87. The zero-order valence-corrected chi connectivity index (χ0v) is 13.1. The third-order valence-electron chi connectivity index (χ3n) is 3.69. The molecular formula is C18H21N3. The van der Waals surface area contributed by atoms with Crippen LogP contribution < -0.4 is 0 Å². The summed E-state index contributed by atoms with van der Waals surface area (Å²) in [6, 6.07) is 12.5. The van der Waals surface area contributed by atoms with Crippen LogP contribution in [0.1, 0.15) is 37.7 Å². The summed E-state index contributed by atoms with van der Waals surface area (Å²) in [6.45, 7) is 9.50. The topological polar surface area (TPSA) is 30.7 Å². The van der Waals surface area contributed by atoms with Crippen LogP contribution in [0.15, 0.2) is 42.6 Å². The van der Waals surface area contributed by atoms with E-state index in [0.29, 0.717) is 0 Å². The van der Waals surface area contributed by atoms with Gasteiger partial charge in [0.05, 0.1) is 6.54 Å². The normalized spacial score (nSPS) is 12.0. The molecule has 0 radical (unpaired) electrons.